The molecule has 3 atom stereocenters. The summed E-state index contributed by atoms with van der Waals surface area (Å²) < 4.78 is 17.8. The van der Waals surface area contributed by atoms with Gasteiger partial charge in [0, 0.05) is 36.5 Å². The third kappa shape index (κ3) is 4.69. The number of pyridine rings is 1. The van der Waals surface area contributed by atoms with Crippen LogP contribution in [-0.4, -0.2) is 59.3 Å². The summed E-state index contributed by atoms with van der Waals surface area (Å²) in [6, 6.07) is 6.06. The fraction of sp³-hybridized carbons (Fsp3) is 0.345. The van der Waals surface area contributed by atoms with E-state index in [9.17, 15) is 14.4 Å². The van der Waals surface area contributed by atoms with E-state index in [4.69, 9.17) is 0 Å². The molecule has 1 saturated heterocycles. The molecular formula is C29H27BrFN7O3. The number of nitrogens with one attached hydrogen (secondary N) is 1. The fourth-order valence-electron chi connectivity index (χ4n) is 5.75. The first-order valence-electron chi connectivity index (χ1n) is 13.2. The Morgan fingerprint density at radius 1 is 1.12 bits per heavy atom. The number of carbonyl (C=O) groups excluding carboxylic acids is 3. The van der Waals surface area contributed by atoms with Crippen molar-refractivity contribution in [3.63, 3.8) is 0 Å². The van der Waals surface area contributed by atoms with Crippen LogP contribution in [0.4, 0.5) is 10.2 Å². The van der Waals surface area contributed by atoms with E-state index in [0.29, 0.717) is 33.7 Å². The lowest BCUT2D eigenvalue weighted by atomic mass is 10.0. The summed E-state index contributed by atoms with van der Waals surface area (Å²) in [5.74, 6) is -0.726. The molecule has 0 spiro atoms. The van der Waals surface area contributed by atoms with Gasteiger partial charge in [0.05, 0.1) is 10.9 Å². The Hall–Kier alpha value is -4.06. The van der Waals surface area contributed by atoms with Crippen molar-refractivity contribution in [3.8, 4) is 11.1 Å². The van der Waals surface area contributed by atoms with E-state index in [2.05, 4.69) is 48.2 Å². The number of anilines is 1. The highest BCUT2D eigenvalue weighted by Crippen LogP contribution is 2.59. The van der Waals surface area contributed by atoms with E-state index in [1.54, 1.807) is 30.0 Å². The number of halogens is 2. The molecule has 1 saturated carbocycles. The van der Waals surface area contributed by atoms with Gasteiger partial charge >= 0.3 is 0 Å². The normalized spacial score (nSPS) is 21.2. The minimum absolute atomic E-state index is 0.0338. The molecule has 10 nitrogen and oxygen atoms in total. The van der Waals surface area contributed by atoms with E-state index in [0.717, 1.165) is 12.0 Å². The van der Waals surface area contributed by atoms with Gasteiger partial charge in [-0.3, -0.25) is 19.1 Å². The van der Waals surface area contributed by atoms with Crippen LogP contribution in [0.25, 0.3) is 22.0 Å². The lowest BCUT2D eigenvalue weighted by Gasteiger charge is -2.27. The standard InChI is InChI=1S/C29H27BrFN7O3/c1-14-5-8-22(30)34-27(14)35-28(41)20-9-29(4)10-21(29)38(20)23(40)13-37-19-7-6-18(17-11-32-16(3)33-12-17)25(31)24(19)26(36-37)15(2)39/h5-8,11-12,20-21H,9-10,13H2,1-4H3,(H,34,35,41)/t20-,21?,29-/m0/s1. The average molecular weight is 620 g/mol. The van der Waals surface area contributed by atoms with Crippen molar-refractivity contribution in [2.45, 2.75) is 59.2 Å². The Morgan fingerprint density at radius 3 is 2.56 bits per heavy atom. The SMILES string of the molecule is CC(=O)c1nn(CC(=O)N2C3C[C@]3(C)C[C@H]2C(=O)Nc2nc(Br)ccc2C)c2ccc(-c3cnc(C)nc3)c(F)c12. The third-order valence-electron chi connectivity index (χ3n) is 8.10. The highest BCUT2D eigenvalue weighted by atomic mass is 79.9. The zero-order valence-corrected chi connectivity index (χ0v) is 24.5. The summed E-state index contributed by atoms with van der Waals surface area (Å²) >= 11 is 3.33. The molecule has 0 bridgehead atoms. The number of piperidine rings is 1. The van der Waals surface area contributed by atoms with Crippen LogP contribution in [-0.2, 0) is 16.1 Å². The van der Waals surface area contributed by atoms with Gasteiger partial charge in [0.2, 0.25) is 11.8 Å². The maximum absolute atomic E-state index is 15.9. The minimum Gasteiger partial charge on any atom is -0.325 e. The molecule has 1 unspecified atom stereocenters. The van der Waals surface area contributed by atoms with Gasteiger partial charge < -0.3 is 10.2 Å². The molecule has 0 radical (unpaired) electrons. The fourth-order valence-corrected chi connectivity index (χ4v) is 6.06. The third-order valence-corrected chi connectivity index (χ3v) is 8.54. The molecule has 1 aliphatic carbocycles. The summed E-state index contributed by atoms with van der Waals surface area (Å²) in [7, 11) is 0. The smallest absolute Gasteiger partial charge is 0.248 e. The van der Waals surface area contributed by atoms with Crippen LogP contribution in [0.3, 0.4) is 0 Å². The van der Waals surface area contributed by atoms with E-state index < -0.39 is 17.6 Å². The number of benzene rings is 1. The second-order valence-electron chi connectivity index (χ2n) is 11.1. The Morgan fingerprint density at radius 2 is 1.85 bits per heavy atom. The number of nitrogens with zero attached hydrogens (tertiary/aromatic N) is 6. The van der Waals surface area contributed by atoms with E-state index in [1.807, 2.05) is 13.0 Å². The Balaban J connectivity index is 1.32. The predicted molar refractivity (Wildman–Crippen MR) is 153 cm³/mol. The van der Waals surface area contributed by atoms with Crippen LogP contribution >= 0.6 is 15.9 Å². The van der Waals surface area contributed by atoms with Crippen LogP contribution in [0, 0.1) is 25.1 Å². The summed E-state index contributed by atoms with van der Waals surface area (Å²) in [6.45, 7) is 6.70. The van der Waals surface area contributed by atoms with E-state index in [1.165, 1.54) is 24.0 Å². The van der Waals surface area contributed by atoms with Gasteiger partial charge in [-0.15, -0.1) is 0 Å². The monoisotopic (exact) mass is 619 g/mol. The van der Waals surface area contributed by atoms with Gasteiger partial charge in [-0.2, -0.15) is 5.10 Å². The zero-order chi connectivity index (χ0) is 29.2. The number of hydrogen-bond donors (Lipinski definition) is 1. The quantitative estimate of drug-likeness (QED) is 0.246. The Kier molecular flexibility index (Phi) is 6.48. The minimum atomic E-state index is -0.689. The summed E-state index contributed by atoms with van der Waals surface area (Å²) in [4.78, 5) is 54.0. The Labute approximate surface area is 243 Å². The van der Waals surface area contributed by atoms with Gasteiger partial charge in [0.25, 0.3) is 0 Å². The van der Waals surface area contributed by atoms with Gasteiger partial charge in [0.15, 0.2) is 5.78 Å². The van der Waals surface area contributed by atoms with Gasteiger partial charge in [-0.05, 0) is 71.8 Å². The van der Waals surface area contributed by atoms with Crippen LogP contribution in [0.1, 0.15) is 48.6 Å². The molecular weight excluding hydrogens is 593 g/mol. The summed E-state index contributed by atoms with van der Waals surface area (Å²) in [6.07, 6.45) is 4.36. The average Bonchev–Trinajstić information content (AvgIpc) is 3.28. The van der Waals surface area contributed by atoms with Crippen LogP contribution < -0.4 is 5.32 Å². The molecule has 2 aliphatic rings. The lowest BCUT2D eigenvalue weighted by Crippen LogP contribution is -2.47. The molecule has 4 aromatic rings. The first kappa shape index (κ1) is 27.1. The highest BCUT2D eigenvalue weighted by Gasteiger charge is 2.64. The van der Waals surface area contributed by atoms with Crippen molar-refractivity contribution < 1.29 is 18.8 Å². The van der Waals surface area contributed by atoms with Crippen molar-refractivity contribution in [2.24, 2.45) is 5.41 Å². The van der Waals surface area contributed by atoms with Crippen molar-refractivity contribution >= 4 is 50.2 Å². The molecule has 12 heteroatoms. The van der Waals surface area contributed by atoms with Crippen molar-refractivity contribution in [2.75, 3.05) is 5.32 Å². The van der Waals surface area contributed by atoms with E-state index in [-0.39, 0.29) is 46.5 Å². The van der Waals surface area contributed by atoms with Crippen molar-refractivity contribution in [1.82, 2.24) is 29.6 Å². The Bertz CT molecular complexity index is 1760. The number of carbonyl (C=O) groups is 3. The highest BCUT2D eigenvalue weighted by molar-refractivity contribution is 9.10. The van der Waals surface area contributed by atoms with Crippen molar-refractivity contribution in [1.29, 1.82) is 0 Å². The molecule has 1 aromatic carbocycles. The molecule has 41 heavy (non-hydrogen) atoms. The van der Waals surface area contributed by atoms with Gasteiger partial charge in [0.1, 0.15) is 40.3 Å². The zero-order valence-electron chi connectivity index (χ0n) is 22.9. The van der Waals surface area contributed by atoms with Gasteiger partial charge in [-0.1, -0.05) is 13.0 Å². The molecule has 210 valence electrons. The van der Waals surface area contributed by atoms with Crippen LogP contribution in [0.5, 0.6) is 0 Å². The molecule has 2 fully saturated rings. The molecule has 1 N–H and O–H groups in total. The lowest BCUT2D eigenvalue weighted by molar-refractivity contribution is -0.138. The van der Waals surface area contributed by atoms with Gasteiger partial charge in [-0.25, -0.2) is 19.3 Å². The number of ketones is 1. The summed E-state index contributed by atoms with van der Waals surface area (Å²) in [5.41, 5.74) is 1.58. The molecule has 1 aliphatic heterocycles. The molecule has 4 heterocycles. The number of fused-ring (bicyclic) bond motifs is 2. The second-order valence-corrected chi connectivity index (χ2v) is 11.9. The molecule has 6 rings (SSSR count). The number of likely N-dealkylation sites (tertiary alicyclic amines) is 1. The topological polar surface area (TPSA) is 123 Å². The summed E-state index contributed by atoms with van der Waals surface area (Å²) in [5, 5.41) is 7.27. The number of amides is 2. The number of rotatable bonds is 6. The number of aromatic nitrogens is 5. The predicted octanol–water partition coefficient (Wildman–Crippen LogP) is 4.63. The van der Waals surface area contributed by atoms with Crippen LogP contribution in [0.15, 0.2) is 41.3 Å². The molecule has 3 aromatic heterocycles. The largest absolute Gasteiger partial charge is 0.325 e. The first-order valence-corrected chi connectivity index (χ1v) is 14.0. The van der Waals surface area contributed by atoms with Crippen LogP contribution in [0.2, 0.25) is 0 Å². The van der Waals surface area contributed by atoms with E-state index >= 15 is 4.39 Å². The first-order chi connectivity index (χ1) is 19.5. The second kappa shape index (κ2) is 9.79. The maximum atomic E-state index is 15.9. The molecule has 2 amide bonds. The number of hydrogen-bond acceptors (Lipinski definition) is 7. The van der Waals surface area contributed by atoms with Crippen molar-refractivity contribution in [3.05, 3.63) is 64.2 Å². The maximum Gasteiger partial charge on any atom is 0.248 e. The number of Topliss-reactive ketones (excluding diaryl/α,β-unsaturated/α-hetero) is 1. The number of aryl methyl sites for hydroxylation is 2.